The van der Waals surface area contributed by atoms with Gasteiger partial charge in [-0.25, -0.2) is 0 Å². The molecule has 2 atom stereocenters. The minimum atomic E-state index is -0.657. The van der Waals surface area contributed by atoms with E-state index >= 15 is 0 Å². The summed E-state index contributed by atoms with van der Waals surface area (Å²) in [6.45, 7) is 5.93. The average molecular weight is 208 g/mol. The molecule has 0 spiro atoms. The Hall–Kier alpha value is -0.860. The molecule has 1 aromatic rings. The summed E-state index contributed by atoms with van der Waals surface area (Å²) in [4.78, 5) is 0. The van der Waals surface area contributed by atoms with Crippen molar-refractivity contribution in [2.45, 2.75) is 45.8 Å². The molecule has 15 heavy (non-hydrogen) atoms. The molecule has 84 valence electrons. The summed E-state index contributed by atoms with van der Waals surface area (Å²) in [5.41, 5.74) is 3.48. The van der Waals surface area contributed by atoms with Crippen LogP contribution in [0.3, 0.4) is 0 Å². The van der Waals surface area contributed by atoms with Crippen LogP contribution in [0.25, 0.3) is 0 Å². The van der Waals surface area contributed by atoms with Crippen LogP contribution in [0.5, 0.6) is 0 Å². The molecule has 2 heteroatoms. The van der Waals surface area contributed by atoms with Crippen LogP contribution in [0.1, 0.15) is 30.0 Å². The van der Waals surface area contributed by atoms with E-state index < -0.39 is 12.2 Å². The molecule has 0 heterocycles. The second kappa shape index (κ2) is 5.29. The SMILES string of the molecule is CCC(O)C(O)Cc1cc(C)ccc1C. The third kappa shape index (κ3) is 3.33. The molecule has 0 bridgehead atoms. The Morgan fingerprint density at radius 1 is 1.13 bits per heavy atom. The lowest BCUT2D eigenvalue weighted by Gasteiger charge is -2.17. The lowest BCUT2D eigenvalue weighted by molar-refractivity contribution is 0.0181. The van der Waals surface area contributed by atoms with Crippen LogP contribution >= 0.6 is 0 Å². The van der Waals surface area contributed by atoms with E-state index in [4.69, 9.17) is 0 Å². The van der Waals surface area contributed by atoms with Crippen LogP contribution in [0, 0.1) is 13.8 Å². The second-order valence-electron chi connectivity index (χ2n) is 4.18. The summed E-state index contributed by atoms with van der Waals surface area (Å²) in [5.74, 6) is 0. The van der Waals surface area contributed by atoms with Crippen molar-refractivity contribution in [2.75, 3.05) is 0 Å². The van der Waals surface area contributed by atoms with Crippen LogP contribution in [-0.4, -0.2) is 22.4 Å². The van der Waals surface area contributed by atoms with E-state index in [0.717, 1.165) is 5.56 Å². The number of hydrogen-bond donors (Lipinski definition) is 2. The summed E-state index contributed by atoms with van der Waals surface area (Å²) < 4.78 is 0. The topological polar surface area (TPSA) is 40.5 Å². The molecule has 0 saturated carbocycles. The smallest absolute Gasteiger partial charge is 0.0839 e. The van der Waals surface area contributed by atoms with Gasteiger partial charge in [0.15, 0.2) is 0 Å². The van der Waals surface area contributed by atoms with Crippen LogP contribution in [-0.2, 0) is 6.42 Å². The molecule has 0 aliphatic carbocycles. The molecular weight excluding hydrogens is 188 g/mol. The molecular formula is C13H20O2. The van der Waals surface area contributed by atoms with Gasteiger partial charge in [0.1, 0.15) is 0 Å². The monoisotopic (exact) mass is 208 g/mol. The Morgan fingerprint density at radius 2 is 1.80 bits per heavy atom. The minimum absolute atomic E-state index is 0.530. The summed E-state index contributed by atoms with van der Waals surface area (Å²) in [6.07, 6.45) is -0.158. The van der Waals surface area contributed by atoms with Gasteiger partial charge in [0.25, 0.3) is 0 Å². The first-order valence-corrected chi connectivity index (χ1v) is 5.46. The van der Waals surface area contributed by atoms with Gasteiger partial charge in [0.2, 0.25) is 0 Å². The maximum Gasteiger partial charge on any atom is 0.0839 e. The van der Waals surface area contributed by atoms with Gasteiger partial charge in [0.05, 0.1) is 12.2 Å². The number of aliphatic hydroxyl groups is 2. The second-order valence-corrected chi connectivity index (χ2v) is 4.18. The van der Waals surface area contributed by atoms with Crippen molar-refractivity contribution < 1.29 is 10.2 Å². The molecule has 0 aliphatic heterocycles. The van der Waals surface area contributed by atoms with Gasteiger partial charge in [-0.1, -0.05) is 30.7 Å². The first kappa shape index (κ1) is 12.2. The molecule has 2 nitrogen and oxygen atoms in total. The number of aliphatic hydroxyl groups excluding tert-OH is 2. The van der Waals surface area contributed by atoms with Gasteiger partial charge in [-0.05, 0) is 31.4 Å². The highest BCUT2D eigenvalue weighted by Gasteiger charge is 2.15. The molecule has 0 radical (unpaired) electrons. The van der Waals surface area contributed by atoms with Crippen molar-refractivity contribution >= 4 is 0 Å². The van der Waals surface area contributed by atoms with E-state index in [1.807, 2.05) is 20.8 Å². The fourth-order valence-electron chi connectivity index (χ4n) is 1.65. The molecule has 2 N–H and O–H groups in total. The Morgan fingerprint density at radius 3 is 2.40 bits per heavy atom. The van der Waals surface area contributed by atoms with Crippen molar-refractivity contribution in [2.24, 2.45) is 0 Å². The molecule has 0 amide bonds. The predicted molar refractivity (Wildman–Crippen MR) is 61.9 cm³/mol. The van der Waals surface area contributed by atoms with Crippen LogP contribution in [0.2, 0.25) is 0 Å². The standard InChI is InChI=1S/C13H20O2/c1-4-12(14)13(15)8-11-7-9(2)5-6-10(11)3/h5-7,12-15H,4,8H2,1-3H3. The summed E-state index contributed by atoms with van der Waals surface area (Å²) in [6, 6.07) is 6.18. The number of benzene rings is 1. The quantitative estimate of drug-likeness (QED) is 0.794. The molecule has 0 fully saturated rings. The Labute approximate surface area is 91.6 Å². The molecule has 1 rings (SSSR count). The zero-order valence-corrected chi connectivity index (χ0v) is 9.70. The molecule has 0 aliphatic rings. The van der Waals surface area contributed by atoms with E-state index in [-0.39, 0.29) is 0 Å². The van der Waals surface area contributed by atoms with Gasteiger partial charge in [0, 0.05) is 6.42 Å². The van der Waals surface area contributed by atoms with E-state index in [1.54, 1.807) is 0 Å². The Bertz CT molecular complexity index is 320. The average Bonchev–Trinajstić information content (AvgIpc) is 2.22. The minimum Gasteiger partial charge on any atom is -0.390 e. The van der Waals surface area contributed by atoms with Gasteiger partial charge >= 0.3 is 0 Å². The fraction of sp³-hybridized carbons (Fsp3) is 0.538. The first-order valence-electron chi connectivity index (χ1n) is 5.46. The van der Waals surface area contributed by atoms with Gasteiger partial charge < -0.3 is 10.2 Å². The summed E-state index contributed by atoms with van der Waals surface area (Å²) in [7, 11) is 0. The summed E-state index contributed by atoms with van der Waals surface area (Å²) >= 11 is 0. The maximum absolute atomic E-state index is 9.74. The van der Waals surface area contributed by atoms with Gasteiger partial charge in [-0.2, -0.15) is 0 Å². The number of aryl methyl sites for hydroxylation is 2. The molecule has 0 aromatic heterocycles. The highest BCUT2D eigenvalue weighted by molar-refractivity contribution is 5.31. The lowest BCUT2D eigenvalue weighted by Crippen LogP contribution is -2.27. The molecule has 1 aromatic carbocycles. The van der Waals surface area contributed by atoms with E-state index in [9.17, 15) is 10.2 Å². The fourth-order valence-corrected chi connectivity index (χ4v) is 1.65. The summed E-state index contributed by atoms with van der Waals surface area (Å²) in [5, 5.41) is 19.2. The zero-order chi connectivity index (χ0) is 11.4. The molecule has 2 unspecified atom stereocenters. The van der Waals surface area contributed by atoms with Gasteiger partial charge in [-0.3, -0.25) is 0 Å². The van der Waals surface area contributed by atoms with Crippen molar-refractivity contribution in [1.29, 1.82) is 0 Å². The van der Waals surface area contributed by atoms with Crippen molar-refractivity contribution in [3.05, 3.63) is 34.9 Å². The van der Waals surface area contributed by atoms with Crippen molar-refractivity contribution in [1.82, 2.24) is 0 Å². The highest BCUT2D eigenvalue weighted by atomic mass is 16.3. The maximum atomic E-state index is 9.74. The molecule has 0 saturated heterocycles. The predicted octanol–water partition coefficient (Wildman–Crippen LogP) is 1.98. The third-order valence-electron chi connectivity index (χ3n) is 2.80. The van der Waals surface area contributed by atoms with Crippen LogP contribution in [0.15, 0.2) is 18.2 Å². The van der Waals surface area contributed by atoms with E-state index in [1.165, 1.54) is 11.1 Å². The highest BCUT2D eigenvalue weighted by Crippen LogP contribution is 2.14. The normalized spacial score (nSPS) is 15.0. The van der Waals surface area contributed by atoms with E-state index in [2.05, 4.69) is 18.2 Å². The number of rotatable bonds is 4. The van der Waals surface area contributed by atoms with Crippen LogP contribution < -0.4 is 0 Å². The number of hydrogen-bond acceptors (Lipinski definition) is 2. The van der Waals surface area contributed by atoms with Crippen LogP contribution in [0.4, 0.5) is 0 Å². The van der Waals surface area contributed by atoms with E-state index in [0.29, 0.717) is 12.8 Å². The lowest BCUT2D eigenvalue weighted by atomic mass is 9.97. The Kier molecular flexibility index (Phi) is 4.30. The zero-order valence-electron chi connectivity index (χ0n) is 9.70. The van der Waals surface area contributed by atoms with Gasteiger partial charge in [-0.15, -0.1) is 0 Å². The van der Waals surface area contributed by atoms with Crippen molar-refractivity contribution in [3.8, 4) is 0 Å². The Balaban J connectivity index is 2.75. The largest absolute Gasteiger partial charge is 0.390 e. The third-order valence-corrected chi connectivity index (χ3v) is 2.80. The first-order chi connectivity index (χ1) is 7.04. The van der Waals surface area contributed by atoms with Crippen molar-refractivity contribution in [3.63, 3.8) is 0 Å².